The second-order valence-electron chi connectivity index (χ2n) is 10.8. The summed E-state index contributed by atoms with van der Waals surface area (Å²) in [4.78, 5) is 39.2. The number of ether oxygens (including phenoxy) is 6. The molecule has 0 spiro atoms. The van der Waals surface area contributed by atoms with E-state index in [4.69, 9.17) is 34.0 Å². The Balaban J connectivity index is 1.61. The number of carbonyl (C=O) groups excluding carboxylic acids is 3. The molecular weight excluding hydrogens is 616 g/mol. The zero-order valence-electron chi connectivity index (χ0n) is 26.3. The molecule has 2 fully saturated rings. The zero-order valence-corrected chi connectivity index (χ0v) is 26.3. The van der Waals surface area contributed by atoms with Crippen LogP contribution in [0.1, 0.15) is 20.3 Å². The lowest BCUT2D eigenvalue weighted by molar-refractivity contribution is -0.171. The molecule has 0 bridgehead atoms. The molecule has 0 aromatic carbocycles. The summed E-state index contributed by atoms with van der Waals surface area (Å²) >= 11 is 0. The number of hydrogen-bond donors (Lipinski definition) is 6. The minimum absolute atomic E-state index is 0.00867. The predicted octanol–water partition coefficient (Wildman–Crippen LogP) is -3.17. The van der Waals surface area contributed by atoms with Gasteiger partial charge in [0.05, 0.1) is 78.2 Å². The van der Waals surface area contributed by atoms with Crippen LogP contribution >= 0.6 is 0 Å². The first-order valence-electron chi connectivity index (χ1n) is 15.1. The summed E-state index contributed by atoms with van der Waals surface area (Å²) in [6.45, 7) is 4.32. The van der Waals surface area contributed by atoms with Gasteiger partial charge in [0.15, 0.2) is 0 Å². The number of aliphatic hydroxyl groups excluding tert-OH is 4. The molecule has 3 amide bonds. The molecule has 46 heavy (non-hydrogen) atoms. The average molecular weight is 665 g/mol. The highest BCUT2D eigenvalue weighted by molar-refractivity contribution is 5.76. The summed E-state index contributed by atoms with van der Waals surface area (Å²) < 4.78 is 33.1. The third-order valence-electron chi connectivity index (χ3n) is 7.20. The van der Waals surface area contributed by atoms with Crippen LogP contribution in [0.15, 0.2) is 5.11 Å². The summed E-state index contributed by atoms with van der Waals surface area (Å²) in [5, 5.41) is 49.3. The third-order valence-corrected chi connectivity index (χ3v) is 7.20. The number of hydrogen-bond acceptors (Lipinski definition) is 14. The summed E-state index contributed by atoms with van der Waals surface area (Å²) in [6.07, 6.45) is -6.35. The van der Waals surface area contributed by atoms with Crippen molar-refractivity contribution in [1.29, 1.82) is 0 Å². The van der Waals surface area contributed by atoms with Crippen LogP contribution in [0.25, 0.3) is 10.4 Å². The lowest BCUT2D eigenvalue weighted by Crippen LogP contribution is -2.59. The largest absolute Gasteiger partial charge is 0.388 e. The van der Waals surface area contributed by atoms with E-state index in [0.717, 1.165) is 0 Å². The van der Waals surface area contributed by atoms with Gasteiger partial charge in [-0.1, -0.05) is 5.11 Å². The first-order chi connectivity index (χ1) is 22.0. The topological polar surface area (TPSA) is 264 Å². The quantitative estimate of drug-likeness (QED) is 0.0307. The van der Waals surface area contributed by atoms with E-state index < -0.39 is 48.7 Å². The molecule has 0 unspecified atom stereocenters. The van der Waals surface area contributed by atoms with Gasteiger partial charge in [0.2, 0.25) is 17.7 Å². The monoisotopic (exact) mass is 664 g/mol. The minimum Gasteiger partial charge on any atom is -0.388 e. The van der Waals surface area contributed by atoms with Gasteiger partial charge in [0.25, 0.3) is 0 Å². The van der Waals surface area contributed by atoms with Gasteiger partial charge in [0.1, 0.15) is 36.6 Å². The van der Waals surface area contributed by atoms with E-state index in [2.05, 4.69) is 20.7 Å². The van der Waals surface area contributed by atoms with E-state index in [1.54, 1.807) is 0 Å². The minimum atomic E-state index is -1.23. The first kappa shape index (κ1) is 39.5. The van der Waals surface area contributed by atoms with Gasteiger partial charge in [-0.05, 0) is 5.53 Å². The van der Waals surface area contributed by atoms with Gasteiger partial charge in [0, 0.05) is 44.8 Å². The summed E-state index contributed by atoms with van der Waals surface area (Å²) in [5.74, 6) is -0.926. The lowest BCUT2D eigenvalue weighted by atomic mass is 9.98. The highest BCUT2D eigenvalue weighted by atomic mass is 16.6. The highest BCUT2D eigenvalue weighted by Crippen LogP contribution is 2.17. The van der Waals surface area contributed by atoms with E-state index in [9.17, 15) is 34.8 Å². The molecule has 0 aromatic heterocycles. The van der Waals surface area contributed by atoms with Gasteiger partial charge in [-0.15, -0.1) is 0 Å². The molecule has 19 heteroatoms. The van der Waals surface area contributed by atoms with E-state index >= 15 is 0 Å². The van der Waals surface area contributed by atoms with Crippen molar-refractivity contribution >= 4 is 17.7 Å². The number of nitrogens with zero attached hydrogens (tertiary/aromatic N) is 4. The van der Waals surface area contributed by atoms with E-state index in [-0.39, 0.29) is 110 Å². The highest BCUT2D eigenvalue weighted by Gasteiger charge is 2.39. The second kappa shape index (κ2) is 22.0. The van der Waals surface area contributed by atoms with Gasteiger partial charge in [-0.25, -0.2) is 0 Å². The average Bonchev–Trinajstić information content (AvgIpc) is 3.01. The Bertz CT molecular complexity index is 916. The molecule has 2 saturated heterocycles. The summed E-state index contributed by atoms with van der Waals surface area (Å²) in [5.41, 5.74) is 8.48. The van der Waals surface area contributed by atoms with E-state index in [1.165, 1.54) is 18.7 Å². The van der Waals surface area contributed by atoms with Crippen LogP contribution < -0.4 is 10.6 Å². The van der Waals surface area contributed by atoms with E-state index in [0.29, 0.717) is 0 Å². The lowest BCUT2D eigenvalue weighted by Gasteiger charge is -2.37. The van der Waals surface area contributed by atoms with Crippen molar-refractivity contribution < 1.29 is 63.2 Å². The molecule has 264 valence electrons. The Hall–Kier alpha value is -2.68. The zero-order chi connectivity index (χ0) is 33.9. The van der Waals surface area contributed by atoms with Crippen molar-refractivity contribution in [2.45, 2.75) is 69.0 Å². The molecule has 0 saturated carbocycles. The van der Waals surface area contributed by atoms with Gasteiger partial charge >= 0.3 is 0 Å². The van der Waals surface area contributed by atoms with Crippen molar-refractivity contribution in [3.8, 4) is 0 Å². The molecule has 8 atom stereocenters. The van der Waals surface area contributed by atoms with Gasteiger partial charge in [-0.3, -0.25) is 14.4 Å². The smallest absolute Gasteiger partial charge is 0.222 e. The Morgan fingerprint density at radius 1 is 0.761 bits per heavy atom. The van der Waals surface area contributed by atoms with Crippen LogP contribution in [0.2, 0.25) is 0 Å². The molecule has 2 heterocycles. The van der Waals surface area contributed by atoms with Crippen LogP contribution in [-0.4, -0.2) is 177 Å². The van der Waals surface area contributed by atoms with Crippen LogP contribution in [0.5, 0.6) is 0 Å². The molecule has 0 aromatic rings. The van der Waals surface area contributed by atoms with Crippen molar-refractivity contribution in [3.05, 3.63) is 10.4 Å². The van der Waals surface area contributed by atoms with Gasteiger partial charge < -0.3 is 64.4 Å². The molecular formula is C27H48N6O13. The Morgan fingerprint density at radius 3 is 1.61 bits per heavy atom. The van der Waals surface area contributed by atoms with Crippen LogP contribution in [0, 0.1) is 0 Å². The van der Waals surface area contributed by atoms with Crippen molar-refractivity contribution in [1.82, 2.24) is 15.5 Å². The number of aliphatic hydroxyl groups is 4. The van der Waals surface area contributed by atoms with Crippen LogP contribution in [0.3, 0.4) is 0 Å². The maximum atomic E-state index is 12.6. The Morgan fingerprint density at radius 2 is 1.20 bits per heavy atom. The van der Waals surface area contributed by atoms with E-state index in [1.807, 2.05) is 0 Å². The number of carbonyl (C=O) groups is 3. The molecule has 19 nitrogen and oxygen atoms in total. The second-order valence-corrected chi connectivity index (χ2v) is 10.8. The fourth-order valence-corrected chi connectivity index (χ4v) is 4.73. The van der Waals surface area contributed by atoms with Crippen LogP contribution in [0.4, 0.5) is 0 Å². The van der Waals surface area contributed by atoms with Gasteiger partial charge in [-0.2, -0.15) is 0 Å². The normalized spacial score (nSPS) is 27.8. The molecule has 2 aliphatic rings. The molecule has 6 N–H and O–H groups in total. The predicted molar refractivity (Wildman–Crippen MR) is 157 cm³/mol. The SMILES string of the molecule is CC(=O)N[C@H]1CO[C@H](COCCOCCN(CCOCCOC[C@H]2OC[C@H](NC(C)=O)[C@@H](O)[C@H]2O)C(=O)CCN=[N+]=[N-])[C@H](O)[C@@H]1O. The maximum Gasteiger partial charge on any atom is 0.222 e. The maximum absolute atomic E-state index is 12.6. The molecule has 0 radical (unpaired) electrons. The number of azide groups is 1. The standard InChI is InChI=1S/C27H48N6O13/c1-17(34)30-19-13-45-21(26(39)24(19)37)15-43-11-9-41-7-5-33(23(36)3-4-29-32-28)6-8-42-10-12-44-16-22-27(40)25(38)20(14-46-22)31-18(2)35/h19-22,24-27,37-40H,3-16H2,1-2H3,(H,30,34)(H,31,35)/t19-,20-,21+,22+,24+,25+,26-,27-/m0/s1. The number of amides is 3. The number of rotatable bonds is 21. The number of nitrogens with one attached hydrogen (secondary N) is 2. The fraction of sp³-hybridized carbons (Fsp3) is 0.889. The fourth-order valence-electron chi connectivity index (χ4n) is 4.73. The van der Waals surface area contributed by atoms with Crippen molar-refractivity contribution in [2.75, 3.05) is 85.7 Å². The molecule has 2 rings (SSSR count). The first-order valence-corrected chi connectivity index (χ1v) is 15.1. The molecule has 2 aliphatic heterocycles. The summed E-state index contributed by atoms with van der Waals surface area (Å²) in [7, 11) is 0. The summed E-state index contributed by atoms with van der Waals surface area (Å²) in [6, 6.07) is -1.41. The van der Waals surface area contributed by atoms with Crippen LogP contribution in [-0.2, 0) is 42.8 Å². The molecule has 0 aliphatic carbocycles. The third kappa shape index (κ3) is 14.4. The Labute approximate surface area is 267 Å². The van der Waals surface area contributed by atoms with Crippen molar-refractivity contribution in [3.63, 3.8) is 0 Å². The Kier molecular flexibility index (Phi) is 18.9. The van der Waals surface area contributed by atoms with Crippen molar-refractivity contribution in [2.24, 2.45) is 5.11 Å².